The van der Waals surface area contributed by atoms with Crippen LogP contribution >= 0.6 is 0 Å². The molecule has 0 bridgehead atoms. The summed E-state index contributed by atoms with van der Waals surface area (Å²) in [6.07, 6.45) is 0.144. The maximum absolute atomic E-state index is 11.8. The molecule has 0 aliphatic rings. The van der Waals surface area contributed by atoms with Crippen LogP contribution in [0.15, 0.2) is 24.3 Å². The first-order valence-corrected chi connectivity index (χ1v) is 7.80. The van der Waals surface area contributed by atoms with Crippen LogP contribution in [0, 0.1) is 16.0 Å². The number of rotatable bonds is 8. The van der Waals surface area contributed by atoms with Crippen molar-refractivity contribution in [3.8, 4) is 0 Å². The Balaban J connectivity index is 2.69. The average molecular weight is 316 g/mol. The Morgan fingerprint density at radius 2 is 2.05 bits per heavy atom. The van der Waals surface area contributed by atoms with Gasteiger partial charge in [-0.1, -0.05) is 25.1 Å². The van der Waals surface area contributed by atoms with Crippen LogP contribution in [-0.2, 0) is 20.6 Å². The van der Waals surface area contributed by atoms with Crippen LogP contribution in [0.25, 0.3) is 0 Å². The second-order valence-corrected chi connectivity index (χ2v) is 6.37. The van der Waals surface area contributed by atoms with Gasteiger partial charge < -0.3 is 5.11 Å². The van der Waals surface area contributed by atoms with E-state index in [-0.39, 0.29) is 24.2 Å². The molecular formula is C12H16N2O6S. The van der Waals surface area contributed by atoms with Crippen molar-refractivity contribution in [2.45, 2.75) is 19.1 Å². The molecule has 0 aliphatic heterocycles. The Kier molecular flexibility index (Phi) is 5.79. The van der Waals surface area contributed by atoms with Gasteiger partial charge in [-0.05, 0) is 6.42 Å². The number of nitro groups is 1. The smallest absolute Gasteiger partial charge is 0.306 e. The summed E-state index contributed by atoms with van der Waals surface area (Å²) in [6.45, 7) is 1.44. The van der Waals surface area contributed by atoms with Gasteiger partial charge in [-0.15, -0.1) is 0 Å². The highest BCUT2D eigenvalue weighted by Gasteiger charge is 2.20. The Labute approximate surface area is 122 Å². The predicted octanol–water partition coefficient (Wildman–Crippen LogP) is 1.12. The topological polar surface area (TPSA) is 127 Å². The van der Waals surface area contributed by atoms with E-state index in [1.54, 1.807) is 0 Å². The third kappa shape index (κ3) is 5.48. The molecule has 9 heteroatoms. The van der Waals surface area contributed by atoms with Crippen molar-refractivity contribution in [2.24, 2.45) is 5.92 Å². The fraction of sp³-hybridized carbons (Fsp3) is 0.417. The summed E-state index contributed by atoms with van der Waals surface area (Å²) in [4.78, 5) is 20.8. The van der Waals surface area contributed by atoms with Crippen molar-refractivity contribution >= 4 is 21.7 Å². The molecule has 21 heavy (non-hydrogen) atoms. The van der Waals surface area contributed by atoms with E-state index >= 15 is 0 Å². The van der Waals surface area contributed by atoms with Crippen molar-refractivity contribution in [2.75, 3.05) is 6.54 Å². The first kappa shape index (κ1) is 17.1. The summed E-state index contributed by atoms with van der Waals surface area (Å²) in [5.74, 6) is -2.20. The normalized spacial score (nSPS) is 12.8. The maximum atomic E-state index is 11.8. The zero-order valence-electron chi connectivity index (χ0n) is 11.4. The fourth-order valence-corrected chi connectivity index (χ4v) is 2.81. The third-order valence-corrected chi connectivity index (χ3v) is 4.19. The number of carboxylic acids is 1. The van der Waals surface area contributed by atoms with Gasteiger partial charge in [-0.3, -0.25) is 14.9 Å². The number of aliphatic carboxylic acids is 1. The number of nitro benzene ring substituents is 1. The molecule has 0 aromatic heterocycles. The van der Waals surface area contributed by atoms with E-state index in [0.29, 0.717) is 0 Å². The number of benzene rings is 1. The van der Waals surface area contributed by atoms with Gasteiger partial charge in [0.05, 0.1) is 16.6 Å². The number of carbonyl (C=O) groups is 1. The van der Waals surface area contributed by atoms with Crippen molar-refractivity contribution in [3.05, 3.63) is 39.9 Å². The minimum absolute atomic E-state index is 0.0313. The van der Waals surface area contributed by atoms with Gasteiger partial charge in [0, 0.05) is 18.2 Å². The quantitative estimate of drug-likeness (QED) is 0.546. The lowest BCUT2D eigenvalue weighted by atomic mass is 10.1. The van der Waals surface area contributed by atoms with Gasteiger partial charge in [0.15, 0.2) is 0 Å². The minimum Gasteiger partial charge on any atom is -0.481 e. The number of hydrogen-bond donors (Lipinski definition) is 2. The molecule has 0 fully saturated rings. The molecule has 0 heterocycles. The highest BCUT2D eigenvalue weighted by molar-refractivity contribution is 7.88. The molecule has 1 unspecified atom stereocenters. The van der Waals surface area contributed by atoms with Crippen LogP contribution in [0.2, 0.25) is 0 Å². The first-order chi connectivity index (χ1) is 9.73. The molecule has 0 amide bonds. The van der Waals surface area contributed by atoms with Crippen molar-refractivity contribution < 1.29 is 23.2 Å². The van der Waals surface area contributed by atoms with Crippen LogP contribution < -0.4 is 4.72 Å². The third-order valence-electron chi connectivity index (χ3n) is 2.85. The minimum atomic E-state index is -3.76. The lowest BCUT2D eigenvalue weighted by Crippen LogP contribution is -2.28. The van der Waals surface area contributed by atoms with Crippen molar-refractivity contribution in [1.29, 1.82) is 0 Å². The van der Waals surface area contributed by atoms with Gasteiger partial charge in [-0.25, -0.2) is 13.1 Å². The van der Waals surface area contributed by atoms with Gasteiger partial charge in [0.1, 0.15) is 0 Å². The predicted molar refractivity (Wildman–Crippen MR) is 75.1 cm³/mol. The molecule has 1 aromatic carbocycles. The monoisotopic (exact) mass is 316 g/mol. The molecule has 8 nitrogen and oxygen atoms in total. The second-order valence-electron chi connectivity index (χ2n) is 4.57. The summed E-state index contributed by atoms with van der Waals surface area (Å²) in [7, 11) is -3.76. The number of carboxylic acid groups (broad SMARTS) is 1. The summed E-state index contributed by atoms with van der Waals surface area (Å²) in [5.41, 5.74) is -0.178. The highest BCUT2D eigenvalue weighted by Crippen LogP contribution is 2.19. The molecule has 116 valence electrons. The molecule has 1 rings (SSSR count). The molecule has 1 aromatic rings. The molecule has 1 atom stereocenters. The first-order valence-electron chi connectivity index (χ1n) is 6.15. The summed E-state index contributed by atoms with van der Waals surface area (Å²) < 4.78 is 25.9. The van der Waals surface area contributed by atoms with Gasteiger partial charge in [-0.2, -0.15) is 0 Å². The molecule has 0 aliphatic carbocycles. The molecule has 0 spiro atoms. The lowest BCUT2D eigenvalue weighted by molar-refractivity contribution is -0.385. The Bertz CT molecular complexity index is 628. The van der Waals surface area contributed by atoms with E-state index in [2.05, 4.69) is 4.72 Å². The number of hydrogen-bond acceptors (Lipinski definition) is 5. The highest BCUT2D eigenvalue weighted by atomic mass is 32.2. The van der Waals surface area contributed by atoms with Crippen LogP contribution in [0.5, 0.6) is 0 Å². The fourth-order valence-electron chi connectivity index (χ4n) is 1.62. The van der Waals surface area contributed by atoms with Crippen molar-refractivity contribution in [1.82, 2.24) is 4.72 Å². The van der Waals surface area contributed by atoms with Crippen LogP contribution in [0.1, 0.15) is 18.9 Å². The van der Waals surface area contributed by atoms with Crippen LogP contribution in [-0.4, -0.2) is 31.0 Å². The lowest BCUT2D eigenvalue weighted by Gasteiger charge is -2.09. The van der Waals surface area contributed by atoms with E-state index < -0.39 is 32.6 Å². The SMILES string of the molecule is CC(CCNS(=O)(=O)Cc1ccccc1[N+](=O)[O-])C(=O)O. The molecule has 0 saturated heterocycles. The second kappa shape index (κ2) is 7.14. The number of sulfonamides is 1. The van der Waals surface area contributed by atoms with Crippen LogP contribution in [0.3, 0.4) is 0 Å². The van der Waals surface area contributed by atoms with Crippen LogP contribution in [0.4, 0.5) is 5.69 Å². The van der Waals surface area contributed by atoms with Gasteiger partial charge >= 0.3 is 5.97 Å². The summed E-state index contributed by atoms with van der Waals surface area (Å²) in [6, 6.07) is 5.58. The summed E-state index contributed by atoms with van der Waals surface area (Å²) in [5, 5.41) is 19.5. The van der Waals surface area contributed by atoms with Crippen molar-refractivity contribution in [3.63, 3.8) is 0 Å². The number of para-hydroxylation sites is 1. The van der Waals surface area contributed by atoms with E-state index in [4.69, 9.17) is 5.11 Å². The molecular weight excluding hydrogens is 300 g/mol. The average Bonchev–Trinajstić information content (AvgIpc) is 2.38. The summed E-state index contributed by atoms with van der Waals surface area (Å²) >= 11 is 0. The molecule has 2 N–H and O–H groups in total. The zero-order valence-corrected chi connectivity index (χ0v) is 12.2. The Hall–Kier alpha value is -2.00. The van der Waals surface area contributed by atoms with E-state index in [0.717, 1.165) is 0 Å². The zero-order chi connectivity index (χ0) is 16.0. The largest absolute Gasteiger partial charge is 0.481 e. The van der Waals surface area contributed by atoms with E-state index in [9.17, 15) is 23.3 Å². The maximum Gasteiger partial charge on any atom is 0.306 e. The van der Waals surface area contributed by atoms with Gasteiger partial charge in [0.25, 0.3) is 5.69 Å². The van der Waals surface area contributed by atoms with E-state index in [1.807, 2.05) is 0 Å². The number of nitrogens with one attached hydrogen (secondary N) is 1. The standard InChI is InChI=1S/C12H16N2O6S/c1-9(12(15)16)6-7-13-21(19,20)8-10-4-2-3-5-11(10)14(17)18/h2-5,9,13H,6-8H2,1H3,(H,15,16). The van der Waals surface area contributed by atoms with E-state index in [1.165, 1.54) is 31.2 Å². The Morgan fingerprint density at radius 3 is 2.62 bits per heavy atom. The molecule has 0 radical (unpaired) electrons. The molecule has 0 saturated carbocycles. The Morgan fingerprint density at radius 1 is 1.43 bits per heavy atom. The number of nitrogens with zero attached hydrogens (tertiary/aromatic N) is 1. The van der Waals surface area contributed by atoms with Gasteiger partial charge in [0.2, 0.25) is 10.0 Å².